The molecule has 37 heavy (non-hydrogen) atoms. The fraction of sp³-hybridized carbons (Fsp3) is 0.481. The average molecular weight is 507 g/mol. The Morgan fingerprint density at radius 1 is 0.973 bits per heavy atom. The number of nitrogens with zero attached hydrogens (tertiary/aromatic N) is 5. The van der Waals surface area contributed by atoms with E-state index in [1.165, 1.54) is 35.4 Å². The molecule has 1 N–H and O–H groups in total. The van der Waals surface area contributed by atoms with Crippen LogP contribution >= 0.6 is 0 Å². The number of carbonyl (C=O) groups is 3. The Kier molecular flexibility index (Phi) is 6.27. The van der Waals surface area contributed by atoms with Crippen molar-refractivity contribution in [3.63, 3.8) is 0 Å². The first-order chi connectivity index (χ1) is 18.0. The molecule has 0 radical (unpaired) electrons. The predicted octanol–water partition coefficient (Wildman–Crippen LogP) is 1.90. The Hall–Kier alpha value is -3.53. The number of fused-ring (bicyclic) bond motifs is 1. The molecule has 0 bridgehead atoms. The number of piperazine rings is 1. The monoisotopic (exact) mass is 506 g/mol. The summed E-state index contributed by atoms with van der Waals surface area (Å²) in [6.07, 6.45) is 4.90. The Labute approximate surface area is 215 Å². The maximum atomic E-state index is 14.6. The van der Waals surface area contributed by atoms with Crippen molar-refractivity contribution in [2.75, 3.05) is 49.1 Å². The van der Waals surface area contributed by atoms with E-state index in [4.69, 9.17) is 0 Å². The molecule has 1 aromatic carbocycles. The molecule has 5 heterocycles. The summed E-state index contributed by atoms with van der Waals surface area (Å²) in [4.78, 5) is 50.0. The Bertz CT molecular complexity index is 1220. The highest BCUT2D eigenvalue weighted by Crippen LogP contribution is 2.35. The number of aromatic nitrogens is 1. The maximum Gasteiger partial charge on any atom is 0.255 e. The van der Waals surface area contributed by atoms with Crippen LogP contribution in [-0.2, 0) is 22.7 Å². The number of halogens is 1. The summed E-state index contributed by atoms with van der Waals surface area (Å²) in [5.41, 5.74) is 2.96. The van der Waals surface area contributed by atoms with E-state index in [1.54, 1.807) is 0 Å². The molecule has 1 atom stereocenters. The molecule has 1 unspecified atom stereocenters. The Balaban J connectivity index is 1.11. The number of hydrogen-bond acceptors (Lipinski definition) is 7. The van der Waals surface area contributed by atoms with E-state index >= 15 is 0 Å². The summed E-state index contributed by atoms with van der Waals surface area (Å²) < 4.78 is 14.6. The second-order valence-corrected chi connectivity index (χ2v) is 10.3. The molecule has 9 nitrogen and oxygen atoms in total. The normalized spacial score (nSPS) is 22.6. The van der Waals surface area contributed by atoms with Gasteiger partial charge in [0.05, 0.1) is 0 Å². The minimum atomic E-state index is -0.712. The van der Waals surface area contributed by atoms with E-state index in [9.17, 15) is 18.8 Å². The maximum absolute atomic E-state index is 14.6. The summed E-state index contributed by atoms with van der Waals surface area (Å²) in [6.45, 7) is 6.25. The molecular formula is C27H31FN6O3. The standard InChI is InChI=1S/C27H31FN6O3/c28-19-13-20-21(17-34(27(20)37)22-4-6-25(35)30-26(22)36)23(14-19)32-11-9-31(10-12-32)16-18-3-5-24(29-15-18)33-7-1-2-8-33/h3,5,13-15,22H,1-2,4,6-12,16-17H2,(H,30,35,36). The van der Waals surface area contributed by atoms with Gasteiger partial charge in [0.1, 0.15) is 17.7 Å². The van der Waals surface area contributed by atoms with Crippen LogP contribution in [0.1, 0.15) is 47.2 Å². The van der Waals surface area contributed by atoms with Crippen LogP contribution in [0.3, 0.4) is 0 Å². The van der Waals surface area contributed by atoms with E-state index in [0.717, 1.165) is 49.8 Å². The number of anilines is 2. The van der Waals surface area contributed by atoms with Crippen molar-refractivity contribution in [3.8, 4) is 0 Å². The third-order valence-corrected chi connectivity index (χ3v) is 7.96. The highest BCUT2D eigenvalue weighted by molar-refractivity contribution is 6.06. The van der Waals surface area contributed by atoms with Crippen LogP contribution in [0.15, 0.2) is 30.5 Å². The molecule has 0 saturated carbocycles. The SMILES string of the molecule is O=C1CCC(N2Cc3c(cc(F)cc3N3CCN(Cc4ccc(N5CCCC5)nc4)CC3)C2=O)C(=O)N1. The van der Waals surface area contributed by atoms with Gasteiger partial charge in [-0.05, 0) is 43.0 Å². The lowest BCUT2D eigenvalue weighted by atomic mass is 10.0. The lowest BCUT2D eigenvalue weighted by molar-refractivity contribution is -0.136. The molecule has 0 aliphatic carbocycles. The van der Waals surface area contributed by atoms with Crippen molar-refractivity contribution in [3.05, 3.63) is 53.0 Å². The van der Waals surface area contributed by atoms with Gasteiger partial charge < -0.3 is 14.7 Å². The minimum absolute atomic E-state index is 0.191. The van der Waals surface area contributed by atoms with Gasteiger partial charge in [-0.2, -0.15) is 0 Å². The Morgan fingerprint density at radius 2 is 1.76 bits per heavy atom. The molecule has 4 aliphatic heterocycles. The summed E-state index contributed by atoms with van der Waals surface area (Å²) >= 11 is 0. The van der Waals surface area contributed by atoms with E-state index in [2.05, 4.69) is 37.1 Å². The topological polar surface area (TPSA) is 89.1 Å². The van der Waals surface area contributed by atoms with Crippen molar-refractivity contribution < 1.29 is 18.8 Å². The molecule has 1 aromatic heterocycles. The van der Waals surface area contributed by atoms with Crippen LogP contribution in [-0.4, -0.2) is 77.8 Å². The molecule has 3 saturated heterocycles. The fourth-order valence-electron chi connectivity index (χ4n) is 5.94. The van der Waals surface area contributed by atoms with Crippen molar-refractivity contribution in [2.45, 2.75) is 44.8 Å². The van der Waals surface area contributed by atoms with Gasteiger partial charge in [0, 0.05) is 81.8 Å². The first kappa shape index (κ1) is 23.8. The third-order valence-electron chi connectivity index (χ3n) is 7.96. The molecule has 6 rings (SSSR count). The second kappa shape index (κ2) is 9.74. The van der Waals surface area contributed by atoms with Crippen LogP contribution in [0.2, 0.25) is 0 Å². The second-order valence-electron chi connectivity index (χ2n) is 10.3. The third kappa shape index (κ3) is 4.66. The molecule has 10 heteroatoms. The van der Waals surface area contributed by atoms with Gasteiger partial charge in [-0.3, -0.25) is 24.6 Å². The molecule has 194 valence electrons. The van der Waals surface area contributed by atoms with Crippen LogP contribution in [0.4, 0.5) is 15.9 Å². The van der Waals surface area contributed by atoms with Gasteiger partial charge in [0.15, 0.2) is 0 Å². The first-order valence-electron chi connectivity index (χ1n) is 13.1. The van der Waals surface area contributed by atoms with Gasteiger partial charge in [0.2, 0.25) is 11.8 Å². The zero-order valence-corrected chi connectivity index (χ0v) is 20.8. The smallest absolute Gasteiger partial charge is 0.255 e. The average Bonchev–Trinajstić information content (AvgIpc) is 3.54. The van der Waals surface area contributed by atoms with Crippen LogP contribution < -0.4 is 15.1 Å². The highest BCUT2D eigenvalue weighted by atomic mass is 19.1. The molecule has 3 fully saturated rings. The number of amides is 3. The van der Waals surface area contributed by atoms with Gasteiger partial charge in [0.25, 0.3) is 5.91 Å². The number of pyridine rings is 1. The quantitative estimate of drug-likeness (QED) is 0.620. The van der Waals surface area contributed by atoms with Crippen molar-refractivity contribution in [1.82, 2.24) is 20.1 Å². The summed E-state index contributed by atoms with van der Waals surface area (Å²) in [5.74, 6) is -0.552. The molecule has 4 aliphatic rings. The molecular weight excluding hydrogens is 475 g/mol. The van der Waals surface area contributed by atoms with Gasteiger partial charge >= 0.3 is 0 Å². The number of imide groups is 1. The number of benzene rings is 1. The van der Waals surface area contributed by atoms with Gasteiger partial charge in [-0.25, -0.2) is 9.37 Å². The summed E-state index contributed by atoms with van der Waals surface area (Å²) in [7, 11) is 0. The van der Waals surface area contributed by atoms with E-state index in [0.29, 0.717) is 18.7 Å². The van der Waals surface area contributed by atoms with Crippen LogP contribution in [0.5, 0.6) is 0 Å². The highest BCUT2D eigenvalue weighted by Gasteiger charge is 2.41. The Morgan fingerprint density at radius 3 is 2.46 bits per heavy atom. The van der Waals surface area contributed by atoms with Crippen LogP contribution in [0, 0.1) is 5.82 Å². The molecule has 0 spiro atoms. The van der Waals surface area contributed by atoms with E-state index in [-0.39, 0.29) is 31.2 Å². The van der Waals surface area contributed by atoms with Crippen LogP contribution in [0.25, 0.3) is 0 Å². The van der Waals surface area contributed by atoms with E-state index in [1.807, 2.05) is 6.20 Å². The number of carbonyl (C=O) groups excluding carboxylic acids is 3. The molecule has 3 amide bonds. The van der Waals surface area contributed by atoms with Crippen molar-refractivity contribution in [1.29, 1.82) is 0 Å². The van der Waals surface area contributed by atoms with Crippen molar-refractivity contribution >= 4 is 29.2 Å². The van der Waals surface area contributed by atoms with Gasteiger partial charge in [-0.1, -0.05) is 6.07 Å². The lowest BCUT2D eigenvalue weighted by Gasteiger charge is -2.37. The lowest BCUT2D eigenvalue weighted by Crippen LogP contribution is -2.52. The number of rotatable bonds is 5. The predicted molar refractivity (Wildman–Crippen MR) is 136 cm³/mol. The number of piperidine rings is 1. The summed E-state index contributed by atoms with van der Waals surface area (Å²) in [5, 5.41) is 2.32. The number of nitrogens with one attached hydrogen (secondary N) is 1. The van der Waals surface area contributed by atoms with E-state index < -0.39 is 17.8 Å². The zero-order chi connectivity index (χ0) is 25.5. The minimum Gasteiger partial charge on any atom is -0.369 e. The zero-order valence-electron chi connectivity index (χ0n) is 20.8. The fourth-order valence-corrected chi connectivity index (χ4v) is 5.94. The number of hydrogen-bond donors (Lipinski definition) is 1. The molecule has 2 aromatic rings. The van der Waals surface area contributed by atoms with Gasteiger partial charge in [-0.15, -0.1) is 0 Å². The summed E-state index contributed by atoms with van der Waals surface area (Å²) in [6, 6.07) is 6.31. The largest absolute Gasteiger partial charge is 0.369 e. The first-order valence-corrected chi connectivity index (χ1v) is 13.1. The van der Waals surface area contributed by atoms with Crippen molar-refractivity contribution in [2.24, 2.45) is 0 Å².